The van der Waals surface area contributed by atoms with E-state index in [1.54, 1.807) is 17.7 Å². The minimum absolute atomic E-state index is 0.999. The number of aryl methyl sites for hydroxylation is 2. The number of nitrogens with zero attached hydrogens (tertiary/aromatic N) is 4. The minimum atomic E-state index is 0.999. The average molecular weight is 365 g/mol. The van der Waals surface area contributed by atoms with Gasteiger partial charge in [-0.05, 0) is 25.0 Å². The van der Waals surface area contributed by atoms with E-state index in [-0.39, 0.29) is 0 Å². The van der Waals surface area contributed by atoms with Gasteiger partial charge in [-0.3, -0.25) is 4.90 Å². The van der Waals surface area contributed by atoms with Crippen LogP contribution in [0, 0.1) is 13.8 Å². The van der Waals surface area contributed by atoms with Gasteiger partial charge in [0.25, 0.3) is 0 Å². The summed E-state index contributed by atoms with van der Waals surface area (Å²) in [5.74, 6) is 1.11. The molecule has 4 nitrogen and oxygen atoms in total. The molecule has 0 aliphatic carbocycles. The lowest BCUT2D eigenvalue weighted by Gasteiger charge is -2.35. The topological polar surface area (TPSA) is 32.3 Å². The Morgan fingerprint density at radius 1 is 1.04 bits per heavy atom. The van der Waals surface area contributed by atoms with Gasteiger partial charge in [0, 0.05) is 37.6 Å². The number of rotatable bonds is 4. The van der Waals surface area contributed by atoms with E-state index in [1.165, 1.54) is 21.4 Å². The van der Waals surface area contributed by atoms with Crippen molar-refractivity contribution >= 4 is 33.4 Å². The molecule has 4 rings (SSSR count). The summed E-state index contributed by atoms with van der Waals surface area (Å²) in [4.78, 5) is 16.5. The SMILES string of the molecule is Cc1sc2ncnc(N3CCN(C/C=C/c4ccccc4)CC3)c2c1C. The van der Waals surface area contributed by atoms with Crippen LogP contribution in [0.4, 0.5) is 5.82 Å². The number of fused-ring (bicyclic) bond motifs is 1. The summed E-state index contributed by atoms with van der Waals surface area (Å²) in [6.07, 6.45) is 6.18. The molecule has 134 valence electrons. The first kappa shape index (κ1) is 17.2. The van der Waals surface area contributed by atoms with Crippen molar-refractivity contribution in [2.75, 3.05) is 37.6 Å². The number of anilines is 1. The fourth-order valence-corrected chi connectivity index (χ4v) is 4.44. The standard InChI is InChI=1S/C21H24N4S/c1-16-17(2)26-21-19(16)20(22-15-23-21)25-13-11-24(12-14-25)10-6-9-18-7-4-3-5-8-18/h3-9,15H,10-14H2,1-2H3/b9-6+. The molecule has 0 atom stereocenters. The zero-order valence-electron chi connectivity index (χ0n) is 15.4. The molecule has 2 aromatic heterocycles. The van der Waals surface area contributed by atoms with Crippen LogP contribution in [-0.4, -0.2) is 47.6 Å². The second-order valence-corrected chi connectivity index (χ2v) is 7.96. The number of benzene rings is 1. The highest BCUT2D eigenvalue weighted by Crippen LogP contribution is 2.34. The molecule has 1 aromatic carbocycles. The molecule has 0 unspecified atom stereocenters. The van der Waals surface area contributed by atoms with E-state index in [2.05, 4.69) is 76.1 Å². The van der Waals surface area contributed by atoms with E-state index in [0.717, 1.165) is 43.4 Å². The number of hydrogen-bond donors (Lipinski definition) is 0. The van der Waals surface area contributed by atoms with Crippen molar-refractivity contribution in [3.8, 4) is 0 Å². The van der Waals surface area contributed by atoms with Gasteiger partial charge in [0.15, 0.2) is 0 Å². The van der Waals surface area contributed by atoms with Crippen LogP contribution in [-0.2, 0) is 0 Å². The van der Waals surface area contributed by atoms with Crippen LogP contribution < -0.4 is 4.90 Å². The van der Waals surface area contributed by atoms with Crippen LogP contribution in [0.2, 0.25) is 0 Å². The van der Waals surface area contributed by atoms with Gasteiger partial charge in [0.1, 0.15) is 17.0 Å². The Morgan fingerprint density at radius 2 is 1.81 bits per heavy atom. The Bertz CT molecular complexity index is 908. The Kier molecular flexibility index (Phi) is 5.00. The third-order valence-corrected chi connectivity index (χ3v) is 6.21. The van der Waals surface area contributed by atoms with Gasteiger partial charge in [-0.1, -0.05) is 42.5 Å². The molecule has 3 aromatic rings. The van der Waals surface area contributed by atoms with Gasteiger partial charge < -0.3 is 4.90 Å². The van der Waals surface area contributed by atoms with Gasteiger partial charge in [-0.15, -0.1) is 11.3 Å². The van der Waals surface area contributed by atoms with Crippen LogP contribution in [0.1, 0.15) is 16.0 Å². The summed E-state index contributed by atoms with van der Waals surface area (Å²) in [5.41, 5.74) is 2.59. The molecule has 0 amide bonds. The van der Waals surface area contributed by atoms with Crippen LogP contribution >= 0.6 is 11.3 Å². The monoisotopic (exact) mass is 364 g/mol. The predicted octanol–water partition coefficient (Wildman–Crippen LogP) is 4.14. The first-order valence-electron chi connectivity index (χ1n) is 9.12. The van der Waals surface area contributed by atoms with Crippen molar-refractivity contribution in [3.63, 3.8) is 0 Å². The average Bonchev–Trinajstić information content (AvgIpc) is 2.97. The van der Waals surface area contributed by atoms with Gasteiger partial charge in [-0.25, -0.2) is 9.97 Å². The maximum absolute atomic E-state index is 4.62. The molecule has 5 heteroatoms. The molecular weight excluding hydrogens is 340 g/mol. The Balaban J connectivity index is 1.40. The second-order valence-electron chi connectivity index (χ2n) is 6.76. The minimum Gasteiger partial charge on any atom is -0.353 e. The van der Waals surface area contributed by atoms with Crippen LogP contribution in [0.15, 0.2) is 42.7 Å². The van der Waals surface area contributed by atoms with Gasteiger partial charge >= 0.3 is 0 Å². The number of hydrogen-bond acceptors (Lipinski definition) is 5. The van der Waals surface area contributed by atoms with E-state index in [1.807, 2.05) is 0 Å². The van der Waals surface area contributed by atoms with Gasteiger partial charge in [0.2, 0.25) is 0 Å². The number of thiophene rings is 1. The zero-order valence-corrected chi connectivity index (χ0v) is 16.2. The number of aromatic nitrogens is 2. The first-order valence-corrected chi connectivity index (χ1v) is 9.93. The lowest BCUT2D eigenvalue weighted by molar-refractivity contribution is 0.284. The highest BCUT2D eigenvalue weighted by atomic mass is 32.1. The molecule has 0 radical (unpaired) electrons. The maximum atomic E-state index is 4.62. The molecule has 0 bridgehead atoms. The first-order chi connectivity index (χ1) is 12.7. The number of piperazine rings is 1. The molecule has 1 aliphatic heterocycles. The molecule has 0 saturated carbocycles. The van der Waals surface area contributed by atoms with Crippen LogP contribution in [0.5, 0.6) is 0 Å². The Labute approximate surface area is 158 Å². The third kappa shape index (κ3) is 3.50. The normalized spacial score (nSPS) is 16.0. The summed E-state index contributed by atoms with van der Waals surface area (Å²) in [6.45, 7) is 9.51. The maximum Gasteiger partial charge on any atom is 0.141 e. The fourth-order valence-electron chi connectivity index (χ4n) is 3.45. The van der Waals surface area contributed by atoms with E-state index in [4.69, 9.17) is 0 Å². The summed E-state index contributed by atoms with van der Waals surface area (Å²) in [7, 11) is 0. The van der Waals surface area contributed by atoms with Crippen molar-refractivity contribution < 1.29 is 0 Å². The molecule has 1 aliphatic rings. The Hall–Kier alpha value is -2.24. The fraction of sp³-hybridized carbons (Fsp3) is 0.333. The van der Waals surface area contributed by atoms with Crippen molar-refractivity contribution in [1.82, 2.24) is 14.9 Å². The molecule has 26 heavy (non-hydrogen) atoms. The third-order valence-electron chi connectivity index (χ3n) is 5.09. The molecule has 1 saturated heterocycles. The highest BCUT2D eigenvalue weighted by Gasteiger charge is 2.21. The van der Waals surface area contributed by atoms with E-state index in [0.29, 0.717) is 0 Å². The lowest BCUT2D eigenvalue weighted by Crippen LogP contribution is -2.46. The Morgan fingerprint density at radius 3 is 2.58 bits per heavy atom. The zero-order chi connectivity index (χ0) is 17.9. The molecule has 0 N–H and O–H groups in total. The highest BCUT2D eigenvalue weighted by molar-refractivity contribution is 7.18. The molecule has 0 spiro atoms. The summed E-state index contributed by atoms with van der Waals surface area (Å²) < 4.78 is 0. The molecule has 3 heterocycles. The van der Waals surface area contributed by atoms with E-state index in [9.17, 15) is 0 Å². The van der Waals surface area contributed by atoms with Gasteiger partial charge in [0.05, 0.1) is 5.39 Å². The predicted molar refractivity (Wildman–Crippen MR) is 111 cm³/mol. The van der Waals surface area contributed by atoms with Crippen molar-refractivity contribution in [3.05, 3.63) is 58.7 Å². The summed E-state index contributed by atoms with van der Waals surface area (Å²) in [6, 6.07) is 10.5. The van der Waals surface area contributed by atoms with E-state index >= 15 is 0 Å². The smallest absolute Gasteiger partial charge is 0.141 e. The molecule has 1 fully saturated rings. The summed E-state index contributed by atoms with van der Waals surface area (Å²) in [5, 5.41) is 1.24. The van der Waals surface area contributed by atoms with Crippen molar-refractivity contribution in [1.29, 1.82) is 0 Å². The van der Waals surface area contributed by atoms with Gasteiger partial charge in [-0.2, -0.15) is 0 Å². The van der Waals surface area contributed by atoms with Crippen molar-refractivity contribution in [2.24, 2.45) is 0 Å². The van der Waals surface area contributed by atoms with E-state index < -0.39 is 0 Å². The van der Waals surface area contributed by atoms with Crippen LogP contribution in [0.3, 0.4) is 0 Å². The van der Waals surface area contributed by atoms with Crippen LogP contribution in [0.25, 0.3) is 16.3 Å². The lowest BCUT2D eigenvalue weighted by atomic mass is 10.2. The second kappa shape index (κ2) is 7.56. The largest absolute Gasteiger partial charge is 0.353 e. The summed E-state index contributed by atoms with van der Waals surface area (Å²) >= 11 is 1.77. The van der Waals surface area contributed by atoms with Crippen molar-refractivity contribution in [2.45, 2.75) is 13.8 Å². The quantitative estimate of drug-likeness (QED) is 0.696. The molecular formula is C21H24N4S.